The summed E-state index contributed by atoms with van der Waals surface area (Å²) in [6.45, 7) is 5.75. The van der Waals surface area contributed by atoms with Crippen LogP contribution in [0.3, 0.4) is 0 Å². The van der Waals surface area contributed by atoms with Crippen LogP contribution in [0.4, 0.5) is 0 Å². The third-order valence-corrected chi connectivity index (χ3v) is 2.48. The van der Waals surface area contributed by atoms with Crippen LogP contribution in [-0.4, -0.2) is 38.2 Å². The van der Waals surface area contributed by atoms with Gasteiger partial charge in [0.15, 0.2) is 0 Å². The van der Waals surface area contributed by atoms with Gasteiger partial charge in [-0.25, -0.2) is 9.67 Å². The van der Waals surface area contributed by atoms with Gasteiger partial charge < -0.3 is 10.2 Å². The van der Waals surface area contributed by atoms with Crippen LogP contribution in [-0.2, 0) is 6.42 Å². The number of hydrogen-bond acceptors (Lipinski definition) is 4. The summed E-state index contributed by atoms with van der Waals surface area (Å²) in [7, 11) is 0. The minimum absolute atomic E-state index is 0.0611. The molecule has 0 unspecified atom stereocenters. The van der Waals surface area contributed by atoms with E-state index in [0.717, 1.165) is 5.82 Å². The Bertz CT molecular complexity index is 305. The summed E-state index contributed by atoms with van der Waals surface area (Å²) in [5, 5.41) is 22.5. The number of hydrogen-bond donors (Lipinski definition) is 2. The lowest BCUT2D eigenvalue weighted by molar-refractivity contribution is 0.0675. The van der Waals surface area contributed by atoms with Gasteiger partial charge in [0.05, 0.1) is 13.2 Å². The fourth-order valence-corrected chi connectivity index (χ4v) is 1.38. The highest BCUT2D eigenvalue weighted by molar-refractivity contribution is 4.93. The zero-order valence-corrected chi connectivity index (χ0v) is 9.51. The van der Waals surface area contributed by atoms with E-state index in [1.807, 2.05) is 25.5 Å². The Hall–Kier alpha value is -0.940. The summed E-state index contributed by atoms with van der Waals surface area (Å²) in [4.78, 5) is 4.15. The average molecular weight is 213 g/mol. The molecule has 1 rings (SSSR count). The van der Waals surface area contributed by atoms with Crippen molar-refractivity contribution < 1.29 is 10.2 Å². The first-order valence-corrected chi connectivity index (χ1v) is 5.12. The second kappa shape index (κ2) is 4.72. The topological polar surface area (TPSA) is 71.2 Å². The highest BCUT2D eigenvalue weighted by Gasteiger charge is 2.25. The molecule has 0 radical (unpaired) electrons. The van der Waals surface area contributed by atoms with Crippen LogP contribution in [0.15, 0.2) is 6.33 Å². The van der Waals surface area contributed by atoms with Crippen molar-refractivity contribution in [1.82, 2.24) is 14.8 Å². The summed E-state index contributed by atoms with van der Waals surface area (Å²) in [6, 6.07) is 0.240. The van der Waals surface area contributed by atoms with E-state index in [9.17, 15) is 10.2 Å². The summed E-state index contributed by atoms with van der Waals surface area (Å²) in [6.07, 6.45) is 2.03. The number of rotatable bonds is 5. The molecule has 1 heterocycles. The molecule has 0 fully saturated rings. The Kier molecular flexibility index (Phi) is 3.82. The Morgan fingerprint density at radius 3 is 2.47 bits per heavy atom. The molecule has 5 nitrogen and oxygen atoms in total. The van der Waals surface area contributed by atoms with Crippen LogP contribution in [0.25, 0.3) is 0 Å². The molecule has 0 aliphatic rings. The van der Waals surface area contributed by atoms with Gasteiger partial charge in [0.1, 0.15) is 12.2 Å². The Morgan fingerprint density at radius 2 is 2.00 bits per heavy atom. The quantitative estimate of drug-likeness (QED) is 0.742. The average Bonchev–Trinajstić information content (AvgIpc) is 2.65. The molecule has 0 aliphatic carbocycles. The van der Waals surface area contributed by atoms with Gasteiger partial charge in [-0.1, -0.05) is 6.92 Å². The number of nitrogens with zero attached hydrogens (tertiary/aromatic N) is 3. The van der Waals surface area contributed by atoms with Crippen LogP contribution in [0, 0.1) is 5.41 Å². The molecule has 1 aromatic heterocycles. The largest absolute Gasteiger partial charge is 0.396 e. The molecule has 0 aromatic carbocycles. The van der Waals surface area contributed by atoms with Gasteiger partial charge in [0.2, 0.25) is 0 Å². The van der Waals surface area contributed by atoms with Crippen molar-refractivity contribution in [3.8, 4) is 0 Å². The number of aromatic nitrogens is 3. The van der Waals surface area contributed by atoms with Crippen LogP contribution in [0.5, 0.6) is 0 Å². The first-order valence-electron chi connectivity index (χ1n) is 5.12. The first kappa shape index (κ1) is 12.1. The molecule has 5 heteroatoms. The van der Waals surface area contributed by atoms with Crippen molar-refractivity contribution >= 4 is 0 Å². The molecule has 0 aliphatic heterocycles. The Balaban J connectivity index is 2.84. The highest BCUT2D eigenvalue weighted by atomic mass is 16.3. The summed E-state index contributed by atoms with van der Waals surface area (Å²) < 4.78 is 1.81. The van der Waals surface area contributed by atoms with Gasteiger partial charge in [-0.3, -0.25) is 0 Å². The second-order valence-corrected chi connectivity index (χ2v) is 4.52. The maximum atomic E-state index is 9.20. The van der Waals surface area contributed by atoms with Crippen molar-refractivity contribution in [1.29, 1.82) is 0 Å². The smallest absolute Gasteiger partial charge is 0.138 e. The van der Waals surface area contributed by atoms with Crippen LogP contribution < -0.4 is 0 Å². The number of aliphatic hydroxyl groups is 2. The fourth-order valence-electron chi connectivity index (χ4n) is 1.38. The van der Waals surface area contributed by atoms with Crippen molar-refractivity contribution in [2.24, 2.45) is 5.41 Å². The Labute approximate surface area is 89.8 Å². The van der Waals surface area contributed by atoms with E-state index in [0.29, 0.717) is 6.42 Å². The van der Waals surface area contributed by atoms with Gasteiger partial charge in [-0.2, -0.15) is 5.10 Å². The summed E-state index contributed by atoms with van der Waals surface area (Å²) in [5.41, 5.74) is -0.528. The molecule has 0 saturated heterocycles. The lowest BCUT2D eigenvalue weighted by Crippen LogP contribution is -2.30. The number of aliphatic hydroxyl groups excluding tert-OH is 2. The molecule has 0 atom stereocenters. The van der Waals surface area contributed by atoms with E-state index in [4.69, 9.17) is 0 Å². The lowest BCUT2D eigenvalue weighted by atomic mass is 9.88. The zero-order chi connectivity index (χ0) is 11.5. The van der Waals surface area contributed by atoms with Crippen molar-refractivity contribution in [2.45, 2.75) is 33.2 Å². The monoisotopic (exact) mass is 213 g/mol. The van der Waals surface area contributed by atoms with E-state index < -0.39 is 5.41 Å². The Morgan fingerprint density at radius 1 is 1.40 bits per heavy atom. The van der Waals surface area contributed by atoms with Crippen molar-refractivity contribution in [3.63, 3.8) is 0 Å². The van der Waals surface area contributed by atoms with Gasteiger partial charge in [0, 0.05) is 17.9 Å². The molecular weight excluding hydrogens is 194 g/mol. The predicted octanol–water partition coefficient (Wildman–Crippen LogP) is 0.392. The highest BCUT2D eigenvalue weighted by Crippen LogP contribution is 2.21. The van der Waals surface area contributed by atoms with E-state index in [2.05, 4.69) is 10.1 Å². The molecule has 0 saturated carbocycles. The van der Waals surface area contributed by atoms with Gasteiger partial charge >= 0.3 is 0 Å². The van der Waals surface area contributed by atoms with E-state index in [1.165, 1.54) is 6.33 Å². The molecular formula is C10H19N3O2. The second-order valence-electron chi connectivity index (χ2n) is 4.52. The molecule has 0 amide bonds. The third-order valence-electron chi connectivity index (χ3n) is 2.48. The SMILES string of the molecule is CC(C)n1ncnc1CC(C)(CO)CO. The van der Waals surface area contributed by atoms with E-state index in [-0.39, 0.29) is 19.3 Å². The molecule has 0 spiro atoms. The zero-order valence-electron chi connectivity index (χ0n) is 9.51. The molecule has 0 bridgehead atoms. The molecule has 86 valence electrons. The normalized spacial score (nSPS) is 12.4. The van der Waals surface area contributed by atoms with Crippen LogP contribution >= 0.6 is 0 Å². The van der Waals surface area contributed by atoms with Gasteiger partial charge in [-0.15, -0.1) is 0 Å². The molecule has 2 N–H and O–H groups in total. The van der Waals surface area contributed by atoms with Crippen molar-refractivity contribution in [3.05, 3.63) is 12.2 Å². The van der Waals surface area contributed by atoms with Gasteiger partial charge in [0.25, 0.3) is 0 Å². The first-order chi connectivity index (χ1) is 7.02. The summed E-state index contributed by atoms with van der Waals surface area (Å²) >= 11 is 0. The van der Waals surface area contributed by atoms with E-state index in [1.54, 1.807) is 0 Å². The minimum atomic E-state index is -0.528. The standard InChI is InChI=1S/C10H19N3O2/c1-8(2)13-9(11-7-12-13)4-10(3,5-14)6-15/h7-8,14-15H,4-6H2,1-3H3. The maximum Gasteiger partial charge on any atom is 0.138 e. The lowest BCUT2D eigenvalue weighted by Gasteiger charge is -2.24. The maximum absolute atomic E-state index is 9.20. The third kappa shape index (κ3) is 2.76. The van der Waals surface area contributed by atoms with Gasteiger partial charge in [-0.05, 0) is 13.8 Å². The summed E-state index contributed by atoms with van der Waals surface area (Å²) in [5.74, 6) is 0.801. The predicted molar refractivity (Wildman–Crippen MR) is 56.4 cm³/mol. The van der Waals surface area contributed by atoms with E-state index >= 15 is 0 Å². The minimum Gasteiger partial charge on any atom is -0.396 e. The van der Waals surface area contributed by atoms with Crippen LogP contribution in [0.2, 0.25) is 0 Å². The van der Waals surface area contributed by atoms with Crippen molar-refractivity contribution in [2.75, 3.05) is 13.2 Å². The van der Waals surface area contributed by atoms with Crippen LogP contribution in [0.1, 0.15) is 32.6 Å². The molecule has 1 aromatic rings. The fraction of sp³-hybridized carbons (Fsp3) is 0.800. The molecule has 15 heavy (non-hydrogen) atoms.